The molecule has 0 unspecified atom stereocenters. The van der Waals surface area contributed by atoms with Crippen molar-refractivity contribution in [1.29, 1.82) is 0 Å². The van der Waals surface area contributed by atoms with Crippen molar-refractivity contribution in [2.45, 2.75) is 16.4 Å². The highest BCUT2D eigenvalue weighted by Gasteiger charge is 2.05. The van der Waals surface area contributed by atoms with Gasteiger partial charge in [-0.15, -0.1) is 11.8 Å². The topological polar surface area (TPSA) is 29.1 Å². The van der Waals surface area contributed by atoms with Crippen molar-refractivity contribution in [1.82, 2.24) is 5.32 Å². The first kappa shape index (κ1) is 19.6. The Morgan fingerprint density at radius 1 is 0.741 bits per heavy atom. The minimum atomic E-state index is -0.00727. The molecule has 1 N–H and O–H groups in total. The van der Waals surface area contributed by atoms with Crippen molar-refractivity contribution < 1.29 is 4.79 Å². The van der Waals surface area contributed by atoms with E-state index in [1.807, 2.05) is 60.3 Å². The SMILES string of the molecule is O=C(NCCSc1ccccc1)c1ccc(CSCc2ccccc2)cc1. The second kappa shape index (κ2) is 10.9. The molecule has 0 saturated carbocycles. The summed E-state index contributed by atoms with van der Waals surface area (Å²) in [5, 5.41) is 2.99. The lowest BCUT2D eigenvalue weighted by molar-refractivity contribution is 0.0956. The van der Waals surface area contributed by atoms with Gasteiger partial charge in [0.2, 0.25) is 0 Å². The van der Waals surface area contributed by atoms with Gasteiger partial charge in [-0.3, -0.25) is 4.79 Å². The molecule has 3 rings (SSSR count). The van der Waals surface area contributed by atoms with E-state index in [0.717, 1.165) is 22.8 Å². The Hall–Kier alpha value is -2.17. The largest absolute Gasteiger partial charge is 0.351 e. The van der Waals surface area contributed by atoms with Gasteiger partial charge in [-0.05, 0) is 35.4 Å². The Labute approximate surface area is 169 Å². The molecule has 0 bridgehead atoms. The molecule has 0 spiro atoms. The summed E-state index contributed by atoms with van der Waals surface area (Å²) in [5.41, 5.74) is 3.30. The van der Waals surface area contributed by atoms with Gasteiger partial charge in [-0.1, -0.05) is 60.7 Å². The van der Waals surface area contributed by atoms with E-state index < -0.39 is 0 Å². The molecule has 0 fully saturated rings. The van der Waals surface area contributed by atoms with Crippen molar-refractivity contribution in [2.24, 2.45) is 0 Å². The summed E-state index contributed by atoms with van der Waals surface area (Å²) < 4.78 is 0. The summed E-state index contributed by atoms with van der Waals surface area (Å²) in [6, 6.07) is 28.6. The van der Waals surface area contributed by atoms with Gasteiger partial charge in [0.1, 0.15) is 0 Å². The molecule has 0 saturated heterocycles. The lowest BCUT2D eigenvalue weighted by Gasteiger charge is -2.07. The molecular formula is C23H23NOS2. The summed E-state index contributed by atoms with van der Waals surface area (Å²) in [7, 11) is 0. The fraction of sp³-hybridized carbons (Fsp3) is 0.174. The summed E-state index contributed by atoms with van der Waals surface area (Å²) in [4.78, 5) is 13.5. The first-order valence-electron chi connectivity index (χ1n) is 8.98. The second-order valence-corrected chi connectivity index (χ2v) is 8.25. The number of hydrogen-bond acceptors (Lipinski definition) is 3. The van der Waals surface area contributed by atoms with Crippen LogP contribution in [-0.4, -0.2) is 18.2 Å². The smallest absolute Gasteiger partial charge is 0.251 e. The van der Waals surface area contributed by atoms with Gasteiger partial charge in [-0.2, -0.15) is 11.8 Å². The summed E-state index contributed by atoms with van der Waals surface area (Å²) in [6.07, 6.45) is 0. The van der Waals surface area contributed by atoms with Gasteiger partial charge in [0, 0.05) is 34.3 Å². The molecule has 0 aromatic heterocycles. The fourth-order valence-corrected chi connectivity index (χ4v) is 4.31. The van der Waals surface area contributed by atoms with Gasteiger partial charge < -0.3 is 5.32 Å². The van der Waals surface area contributed by atoms with Crippen LogP contribution in [-0.2, 0) is 11.5 Å². The van der Waals surface area contributed by atoms with E-state index in [1.165, 1.54) is 16.0 Å². The van der Waals surface area contributed by atoms with Crippen molar-refractivity contribution >= 4 is 29.4 Å². The normalized spacial score (nSPS) is 10.5. The minimum absolute atomic E-state index is 0.00727. The molecule has 138 valence electrons. The summed E-state index contributed by atoms with van der Waals surface area (Å²) in [6.45, 7) is 0.660. The highest BCUT2D eigenvalue weighted by Crippen LogP contribution is 2.18. The maximum absolute atomic E-state index is 12.2. The molecule has 1 amide bonds. The Bertz CT molecular complexity index is 820. The van der Waals surface area contributed by atoms with Crippen LogP contribution in [0.25, 0.3) is 0 Å². The summed E-state index contributed by atoms with van der Waals surface area (Å²) in [5.74, 6) is 2.81. The van der Waals surface area contributed by atoms with Crippen molar-refractivity contribution in [3.05, 3.63) is 102 Å². The number of benzene rings is 3. The van der Waals surface area contributed by atoms with Gasteiger partial charge in [0.05, 0.1) is 0 Å². The Morgan fingerprint density at radius 2 is 1.33 bits per heavy atom. The maximum Gasteiger partial charge on any atom is 0.251 e. The zero-order valence-electron chi connectivity index (χ0n) is 15.1. The van der Waals surface area contributed by atoms with Gasteiger partial charge >= 0.3 is 0 Å². The molecule has 3 aromatic rings. The molecule has 27 heavy (non-hydrogen) atoms. The zero-order valence-corrected chi connectivity index (χ0v) is 16.8. The van der Waals surface area contributed by atoms with Crippen LogP contribution < -0.4 is 5.32 Å². The predicted octanol–water partition coefficient (Wildman–Crippen LogP) is 5.64. The van der Waals surface area contributed by atoms with Crippen molar-refractivity contribution in [3.8, 4) is 0 Å². The highest BCUT2D eigenvalue weighted by molar-refractivity contribution is 7.99. The average molecular weight is 394 g/mol. The number of carbonyl (C=O) groups is 1. The van der Waals surface area contributed by atoms with E-state index in [4.69, 9.17) is 0 Å². The molecule has 0 aliphatic heterocycles. The third kappa shape index (κ3) is 6.81. The Morgan fingerprint density at radius 3 is 2.00 bits per heavy atom. The summed E-state index contributed by atoms with van der Waals surface area (Å²) >= 11 is 3.63. The standard InChI is InChI=1S/C23H23NOS2/c25-23(24-15-16-27-22-9-5-2-6-10-22)21-13-11-20(12-14-21)18-26-17-19-7-3-1-4-8-19/h1-14H,15-18H2,(H,24,25). The maximum atomic E-state index is 12.2. The van der Waals surface area contributed by atoms with Crippen LogP contribution in [0.15, 0.2) is 89.8 Å². The lowest BCUT2D eigenvalue weighted by Crippen LogP contribution is -2.25. The minimum Gasteiger partial charge on any atom is -0.351 e. The number of nitrogens with one attached hydrogen (secondary N) is 1. The van der Waals surface area contributed by atoms with Crippen LogP contribution in [0, 0.1) is 0 Å². The van der Waals surface area contributed by atoms with Crippen LogP contribution in [0.4, 0.5) is 0 Å². The third-order valence-electron chi connectivity index (χ3n) is 4.00. The van der Waals surface area contributed by atoms with Crippen LogP contribution in [0.5, 0.6) is 0 Å². The number of carbonyl (C=O) groups excluding carboxylic acids is 1. The van der Waals surface area contributed by atoms with E-state index in [2.05, 4.69) is 41.7 Å². The molecule has 0 aliphatic rings. The first-order valence-corrected chi connectivity index (χ1v) is 11.1. The van der Waals surface area contributed by atoms with Gasteiger partial charge in [0.15, 0.2) is 0 Å². The monoisotopic (exact) mass is 393 g/mol. The van der Waals surface area contributed by atoms with Gasteiger partial charge in [-0.25, -0.2) is 0 Å². The van der Waals surface area contributed by atoms with E-state index in [9.17, 15) is 4.79 Å². The van der Waals surface area contributed by atoms with Crippen LogP contribution >= 0.6 is 23.5 Å². The molecule has 0 atom stereocenters. The first-order chi connectivity index (χ1) is 13.3. The molecule has 3 aromatic carbocycles. The van der Waals surface area contributed by atoms with E-state index in [0.29, 0.717) is 6.54 Å². The molecule has 0 heterocycles. The lowest BCUT2D eigenvalue weighted by atomic mass is 10.1. The molecular weight excluding hydrogens is 370 g/mol. The zero-order chi connectivity index (χ0) is 18.7. The molecule has 0 aliphatic carbocycles. The molecule has 2 nitrogen and oxygen atoms in total. The van der Waals surface area contributed by atoms with Crippen molar-refractivity contribution in [2.75, 3.05) is 12.3 Å². The van der Waals surface area contributed by atoms with E-state index in [1.54, 1.807) is 11.8 Å². The van der Waals surface area contributed by atoms with E-state index in [-0.39, 0.29) is 5.91 Å². The van der Waals surface area contributed by atoms with E-state index >= 15 is 0 Å². The highest BCUT2D eigenvalue weighted by atomic mass is 32.2. The van der Waals surface area contributed by atoms with Crippen LogP contribution in [0.1, 0.15) is 21.5 Å². The average Bonchev–Trinajstić information content (AvgIpc) is 2.73. The van der Waals surface area contributed by atoms with Crippen LogP contribution in [0.2, 0.25) is 0 Å². The van der Waals surface area contributed by atoms with Crippen molar-refractivity contribution in [3.63, 3.8) is 0 Å². The quantitative estimate of drug-likeness (QED) is 0.377. The van der Waals surface area contributed by atoms with Gasteiger partial charge in [0.25, 0.3) is 5.91 Å². The Balaban J connectivity index is 1.38. The molecule has 4 heteroatoms. The van der Waals surface area contributed by atoms with Crippen LogP contribution in [0.3, 0.4) is 0 Å². The molecule has 0 radical (unpaired) electrons. The predicted molar refractivity (Wildman–Crippen MR) is 117 cm³/mol. The fourth-order valence-electron chi connectivity index (χ4n) is 2.57. The number of rotatable bonds is 9. The third-order valence-corrected chi connectivity index (χ3v) is 6.08. The number of amides is 1. The Kier molecular flexibility index (Phi) is 7.87. The number of thioether (sulfide) groups is 2. The second-order valence-electron chi connectivity index (χ2n) is 6.09. The number of hydrogen-bond donors (Lipinski definition) is 1.